The second-order valence-corrected chi connectivity index (χ2v) is 6.51. The fourth-order valence-electron chi connectivity index (χ4n) is 2.40. The highest BCUT2D eigenvalue weighted by atomic mass is 16.5. The summed E-state index contributed by atoms with van der Waals surface area (Å²) in [5.74, 6) is -1.18. The smallest absolute Gasteiger partial charge is 0.305 e. The van der Waals surface area contributed by atoms with E-state index in [0.29, 0.717) is 18.8 Å². The topological polar surface area (TPSA) is 79.7 Å². The van der Waals surface area contributed by atoms with E-state index in [0.717, 1.165) is 5.56 Å². The molecule has 1 N–H and O–H groups in total. The van der Waals surface area contributed by atoms with E-state index in [4.69, 9.17) is 9.84 Å². The molecule has 1 atom stereocenters. The molecule has 0 spiro atoms. The lowest BCUT2D eigenvalue weighted by Gasteiger charge is -2.34. The Balaban J connectivity index is 2.16. The molecule has 1 saturated heterocycles. The van der Waals surface area contributed by atoms with Gasteiger partial charge < -0.3 is 14.7 Å². The van der Waals surface area contributed by atoms with Crippen LogP contribution in [0.1, 0.15) is 43.2 Å². The van der Waals surface area contributed by atoms with Crippen molar-refractivity contribution in [1.82, 2.24) is 9.88 Å². The maximum absolute atomic E-state index is 12.6. The normalized spacial score (nSPS) is 19.0. The first-order chi connectivity index (χ1) is 10.3. The molecule has 0 bridgehead atoms. The van der Waals surface area contributed by atoms with Crippen LogP contribution >= 0.6 is 0 Å². The van der Waals surface area contributed by atoms with Crippen LogP contribution in [0, 0.1) is 0 Å². The van der Waals surface area contributed by atoms with Crippen LogP contribution in [0.15, 0.2) is 18.3 Å². The predicted molar refractivity (Wildman–Crippen MR) is 80.8 cm³/mol. The fourth-order valence-corrected chi connectivity index (χ4v) is 2.40. The number of hydrogen-bond donors (Lipinski definition) is 1. The summed E-state index contributed by atoms with van der Waals surface area (Å²) in [6.45, 7) is 7.29. The highest BCUT2D eigenvalue weighted by Crippen LogP contribution is 2.22. The van der Waals surface area contributed by atoms with Crippen LogP contribution in [-0.2, 0) is 14.9 Å². The van der Waals surface area contributed by atoms with Crippen molar-refractivity contribution in [3.63, 3.8) is 0 Å². The van der Waals surface area contributed by atoms with Crippen molar-refractivity contribution in [2.45, 2.75) is 38.6 Å². The molecule has 1 aromatic rings. The van der Waals surface area contributed by atoms with Crippen molar-refractivity contribution in [2.75, 3.05) is 19.8 Å². The summed E-state index contributed by atoms with van der Waals surface area (Å²) in [6.07, 6.45) is 1.59. The number of carboxylic acid groups (broad SMARTS) is 1. The number of carbonyl (C=O) groups is 2. The molecule has 2 rings (SSSR count). The van der Waals surface area contributed by atoms with E-state index in [2.05, 4.69) is 25.8 Å². The fraction of sp³-hybridized carbons (Fsp3) is 0.562. The molecule has 0 aliphatic carbocycles. The van der Waals surface area contributed by atoms with Gasteiger partial charge in [0.2, 0.25) is 0 Å². The molecular formula is C16H22N2O4. The molecule has 22 heavy (non-hydrogen) atoms. The molecule has 1 aromatic heterocycles. The SMILES string of the molecule is CC(C)(C)c1ccc(C(=O)N2CCOC[C@H]2CC(=O)O)nc1. The van der Waals surface area contributed by atoms with E-state index in [9.17, 15) is 9.59 Å². The van der Waals surface area contributed by atoms with E-state index >= 15 is 0 Å². The van der Waals surface area contributed by atoms with Crippen molar-refractivity contribution in [2.24, 2.45) is 0 Å². The summed E-state index contributed by atoms with van der Waals surface area (Å²) in [7, 11) is 0. The first-order valence-corrected chi connectivity index (χ1v) is 7.36. The number of nitrogens with zero attached hydrogens (tertiary/aromatic N) is 2. The third-order valence-electron chi connectivity index (χ3n) is 3.75. The Labute approximate surface area is 130 Å². The van der Waals surface area contributed by atoms with Crippen molar-refractivity contribution >= 4 is 11.9 Å². The van der Waals surface area contributed by atoms with Crippen LogP contribution < -0.4 is 0 Å². The van der Waals surface area contributed by atoms with Crippen molar-refractivity contribution < 1.29 is 19.4 Å². The number of carbonyl (C=O) groups excluding carboxylic acids is 1. The molecule has 6 heteroatoms. The largest absolute Gasteiger partial charge is 0.481 e. The van der Waals surface area contributed by atoms with Gasteiger partial charge in [-0.1, -0.05) is 26.8 Å². The number of aromatic nitrogens is 1. The Hall–Kier alpha value is -1.95. The van der Waals surface area contributed by atoms with Gasteiger partial charge in [0.05, 0.1) is 25.7 Å². The molecule has 1 amide bonds. The number of aliphatic carboxylic acids is 1. The molecule has 6 nitrogen and oxygen atoms in total. The third-order valence-corrected chi connectivity index (χ3v) is 3.75. The number of morpholine rings is 1. The first kappa shape index (κ1) is 16.4. The summed E-state index contributed by atoms with van der Waals surface area (Å²) in [5.41, 5.74) is 1.36. The van der Waals surface area contributed by atoms with Gasteiger partial charge in [-0.05, 0) is 17.0 Å². The Morgan fingerprint density at radius 1 is 1.41 bits per heavy atom. The van der Waals surface area contributed by atoms with Gasteiger partial charge in [0.25, 0.3) is 5.91 Å². The van der Waals surface area contributed by atoms with E-state index in [1.807, 2.05) is 6.07 Å². The first-order valence-electron chi connectivity index (χ1n) is 7.36. The van der Waals surface area contributed by atoms with Gasteiger partial charge in [-0.25, -0.2) is 0 Å². The maximum atomic E-state index is 12.6. The highest BCUT2D eigenvalue weighted by molar-refractivity contribution is 5.92. The van der Waals surface area contributed by atoms with Gasteiger partial charge in [-0.2, -0.15) is 0 Å². The van der Waals surface area contributed by atoms with Crippen LogP contribution in [0.4, 0.5) is 0 Å². The zero-order valence-electron chi connectivity index (χ0n) is 13.2. The number of amides is 1. The molecule has 120 valence electrons. The second-order valence-electron chi connectivity index (χ2n) is 6.51. The molecule has 0 unspecified atom stereocenters. The molecule has 0 radical (unpaired) electrons. The second kappa shape index (κ2) is 6.44. The summed E-state index contributed by atoms with van der Waals surface area (Å²) in [5, 5.41) is 8.95. The van der Waals surface area contributed by atoms with Gasteiger partial charge in [-0.15, -0.1) is 0 Å². The number of pyridine rings is 1. The minimum Gasteiger partial charge on any atom is -0.481 e. The van der Waals surface area contributed by atoms with E-state index in [1.165, 1.54) is 0 Å². The molecular weight excluding hydrogens is 284 g/mol. The van der Waals surface area contributed by atoms with Crippen molar-refractivity contribution in [3.05, 3.63) is 29.6 Å². The van der Waals surface area contributed by atoms with Crippen LogP contribution in [0.25, 0.3) is 0 Å². The lowest BCUT2D eigenvalue weighted by atomic mass is 9.88. The summed E-state index contributed by atoms with van der Waals surface area (Å²) >= 11 is 0. The monoisotopic (exact) mass is 306 g/mol. The summed E-state index contributed by atoms with van der Waals surface area (Å²) in [4.78, 5) is 29.3. The minimum absolute atomic E-state index is 0.0284. The van der Waals surface area contributed by atoms with Gasteiger partial charge in [-0.3, -0.25) is 14.6 Å². The van der Waals surface area contributed by atoms with Crippen molar-refractivity contribution in [1.29, 1.82) is 0 Å². The minimum atomic E-state index is -0.940. The van der Waals surface area contributed by atoms with E-state index in [1.54, 1.807) is 17.2 Å². The number of ether oxygens (including phenoxy) is 1. The molecule has 2 heterocycles. The van der Waals surface area contributed by atoms with Crippen LogP contribution in [0.3, 0.4) is 0 Å². The molecule has 0 aromatic carbocycles. The quantitative estimate of drug-likeness (QED) is 0.919. The van der Waals surface area contributed by atoms with Gasteiger partial charge in [0, 0.05) is 12.7 Å². The number of hydrogen-bond acceptors (Lipinski definition) is 4. The maximum Gasteiger partial charge on any atom is 0.305 e. The van der Waals surface area contributed by atoms with E-state index in [-0.39, 0.29) is 24.3 Å². The predicted octanol–water partition coefficient (Wildman–Crippen LogP) is 1.69. The van der Waals surface area contributed by atoms with Gasteiger partial charge in [0.1, 0.15) is 5.69 Å². The van der Waals surface area contributed by atoms with Crippen LogP contribution in [-0.4, -0.2) is 52.7 Å². The van der Waals surface area contributed by atoms with E-state index < -0.39 is 12.0 Å². The zero-order valence-corrected chi connectivity index (χ0v) is 13.2. The molecule has 0 saturated carbocycles. The number of rotatable bonds is 3. The Morgan fingerprint density at radius 2 is 2.14 bits per heavy atom. The average molecular weight is 306 g/mol. The average Bonchev–Trinajstić information content (AvgIpc) is 2.46. The summed E-state index contributed by atoms with van der Waals surface area (Å²) < 4.78 is 5.29. The standard InChI is InChI=1S/C16H22N2O4/c1-16(2,3)11-4-5-13(17-9-11)15(21)18-6-7-22-10-12(18)8-14(19)20/h4-5,9,12H,6-8,10H2,1-3H3,(H,19,20)/t12-/m1/s1. The molecule has 1 fully saturated rings. The lowest BCUT2D eigenvalue weighted by molar-refractivity contribution is -0.139. The van der Waals surface area contributed by atoms with Crippen LogP contribution in [0.2, 0.25) is 0 Å². The molecule has 1 aliphatic heterocycles. The molecule has 1 aliphatic rings. The van der Waals surface area contributed by atoms with Gasteiger partial charge in [0.15, 0.2) is 0 Å². The lowest BCUT2D eigenvalue weighted by Crippen LogP contribution is -2.49. The van der Waals surface area contributed by atoms with Gasteiger partial charge >= 0.3 is 5.97 Å². The number of carboxylic acids is 1. The third kappa shape index (κ3) is 3.82. The summed E-state index contributed by atoms with van der Waals surface area (Å²) in [6, 6.07) is 3.16. The Kier molecular flexibility index (Phi) is 4.81. The van der Waals surface area contributed by atoms with Crippen molar-refractivity contribution in [3.8, 4) is 0 Å². The highest BCUT2D eigenvalue weighted by Gasteiger charge is 2.30. The Bertz CT molecular complexity index is 548. The zero-order chi connectivity index (χ0) is 16.3. The van der Waals surface area contributed by atoms with Crippen LogP contribution in [0.5, 0.6) is 0 Å². The Morgan fingerprint density at radius 3 is 2.68 bits per heavy atom.